The summed E-state index contributed by atoms with van der Waals surface area (Å²) in [6.07, 6.45) is 3.32. The van der Waals surface area contributed by atoms with Gasteiger partial charge in [0.15, 0.2) is 0 Å². The Morgan fingerprint density at radius 1 is 1.22 bits per heavy atom. The van der Waals surface area contributed by atoms with Gasteiger partial charge < -0.3 is 19.3 Å². The lowest BCUT2D eigenvalue weighted by Gasteiger charge is -2.27. The van der Waals surface area contributed by atoms with E-state index in [1.807, 2.05) is 9.80 Å². The smallest absolute Gasteiger partial charge is 0.320 e. The first-order valence-corrected chi connectivity index (χ1v) is 6.82. The minimum Gasteiger partial charge on any atom is -0.377 e. The molecule has 104 valence electrons. The van der Waals surface area contributed by atoms with Gasteiger partial charge in [-0.3, -0.25) is 0 Å². The van der Waals surface area contributed by atoms with Crippen molar-refractivity contribution in [1.29, 1.82) is 0 Å². The number of urea groups is 1. The number of hydrogen-bond acceptors (Lipinski definition) is 3. The normalized spacial score (nSPS) is 27.6. The number of carbonyl (C=O) groups is 1. The van der Waals surface area contributed by atoms with Crippen LogP contribution in [0.5, 0.6) is 0 Å². The first-order valence-electron chi connectivity index (χ1n) is 6.82. The molecule has 1 aliphatic heterocycles. The molecule has 1 saturated heterocycles. The van der Waals surface area contributed by atoms with Crippen LogP contribution in [0.3, 0.4) is 0 Å². The van der Waals surface area contributed by atoms with Crippen molar-refractivity contribution in [3.8, 4) is 0 Å². The molecular formula is C13H24N2O3. The third-order valence-electron chi connectivity index (χ3n) is 3.79. The number of ether oxygens (including phenoxy) is 2. The molecule has 0 aromatic rings. The third kappa shape index (κ3) is 2.78. The van der Waals surface area contributed by atoms with Crippen LogP contribution in [-0.4, -0.2) is 67.9 Å². The largest absolute Gasteiger partial charge is 0.377 e. The van der Waals surface area contributed by atoms with Crippen molar-refractivity contribution in [2.45, 2.75) is 44.4 Å². The number of amides is 2. The second-order valence-corrected chi connectivity index (χ2v) is 5.16. The van der Waals surface area contributed by atoms with Crippen LogP contribution in [0.4, 0.5) is 4.79 Å². The molecule has 18 heavy (non-hydrogen) atoms. The quantitative estimate of drug-likeness (QED) is 0.745. The van der Waals surface area contributed by atoms with Crippen LogP contribution >= 0.6 is 0 Å². The topological polar surface area (TPSA) is 42.0 Å². The van der Waals surface area contributed by atoms with Crippen LogP contribution in [0.25, 0.3) is 0 Å². The van der Waals surface area contributed by atoms with Crippen LogP contribution in [0.15, 0.2) is 0 Å². The average Bonchev–Trinajstić information content (AvgIpc) is 3.13. The summed E-state index contributed by atoms with van der Waals surface area (Å²) in [5, 5.41) is 0. The Hall–Kier alpha value is -0.810. The van der Waals surface area contributed by atoms with Gasteiger partial charge in [0.2, 0.25) is 0 Å². The highest BCUT2D eigenvalue weighted by Crippen LogP contribution is 2.29. The number of carbonyl (C=O) groups excluding carboxylic acids is 1. The van der Waals surface area contributed by atoms with Gasteiger partial charge in [-0.25, -0.2) is 4.79 Å². The summed E-state index contributed by atoms with van der Waals surface area (Å²) in [7, 11) is 3.35. The van der Waals surface area contributed by atoms with Crippen molar-refractivity contribution < 1.29 is 14.3 Å². The van der Waals surface area contributed by atoms with Crippen molar-refractivity contribution in [1.82, 2.24) is 9.80 Å². The average molecular weight is 256 g/mol. The maximum atomic E-state index is 12.5. The van der Waals surface area contributed by atoms with Crippen LogP contribution in [0, 0.1) is 0 Å². The zero-order valence-electron chi connectivity index (χ0n) is 11.6. The molecule has 0 aromatic heterocycles. The molecule has 1 saturated carbocycles. The van der Waals surface area contributed by atoms with Gasteiger partial charge in [-0.2, -0.15) is 0 Å². The van der Waals surface area contributed by atoms with Gasteiger partial charge in [0.25, 0.3) is 0 Å². The molecule has 5 heteroatoms. The van der Waals surface area contributed by atoms with E-state index in [1.165, 1.54) is 0 Å². The standard InChI is InChI=1S/C13H24N2O3/c1-4-7-15(10-5-6-10)13(16)14-8-11(17-2)12(9-14)18-3/h10-12H,4-9H2,1-3H3. The van der Waals surface area contributed by atoms with Crippen LogP contribution in [-0.2, 0) is 9.47 Å². The molecule has 2 aliphatic rings. The summed E-state index contributed by atoms with van der Waals surface area (Å²) >= 11 is 0. The highest BCUT2D eigenvalue weighted by Gasteiger charge is 2.40. The van der Waals surface area contributed by atoms with Gasteiger partial charge >= 0.3 is 6.03 Å². The highest BCUT2D eigenvalue weighted by molar-refractivity contribution is 5.75. The van der Waals surface area contributed by atoms with Gasteiger partial charge in [-0.05, 0) is 19.3 Å². The Bertz CT molecular complexity index is 282. The Balaban J connectivity index is 1.96. The summed E-state index contributed by atoms with van der Waals surface area (Å²) in [5.41, 5.74) is 0. The second kappa shape index (κ2) is 5.89. The fourth-order valence-electron chi connectivity index (χ4n) is 2.60. The van der Waals surface area contributed by atoms with Crippen molar-refractivity contribution in [3.05, 3.63) is 0 Å². The van der Waals surface area contributed by atoms with Gasteiger partial charge in [0, 0.05) is 26.8 Å². The van der Waals surface area contributed by atoms with Crippen molar-refractivity contribution in [3.63, 3.8) is 0 Å². The zero-order chi connectivity index (χ0) is 13.1. The lowest BCUT2D eigenvalue weighted by Crippen LogP contribution is -2.44. The summed E-state index contributed by atoms with van der Waals surface area (Å²) in [5.74, 6) is 0. The molecular weight excluding hydrogens is 232 g/mol. The van der Waals surface area contributed by atoms with Crippen molar-refractivity contribution in [2.75, 3.05) is 33.9 Å². The summed E-state index contributed by atoms with van der Waals surface area (Å²) < 4.78 is 10.7. The predicted octanol–water partition coefficient (Wildman–Crippen LogP) is 1.33. The minimum atomic E-state index is 0.00151. The number of methoxy groups -OCH3 is 2. The van der Waals surface area contributed by atoms with Gasteiger partial charge in [-0.1, -0.05) is 6.92 Å². The summed E-state index contributed by atoms with van der Waals surface area (Å²) in [4.78, 5) is 16.4. The molecule has 2 amide bonds. The maximum Gasteiger partial charge on any atom is 0.320 e. The van der Waals surface area contributed by atoms with E-state index in [0.29, 0.717) is 19.1 Å². The molecule has 0 aromatic carbocycles. The fourth-order valence-corrected chi connectivity index (χ4v) is 2.60. The number of hydrogen-bond donors (Lipinski definition) is 0. The van der Waals surface area contributed by atoms with E-state index in [9.17, 15) is 4.79 Å². The Labute approximate surface area is 109 Å². The first kappa shape index (κ1) is 13.6. The maximum absolute atomic E-state index is 12.5. The van der Waals surface area contributed by atoms with E-state index in [2.05, 4.69) is 6.92 Å². The Morgan fingerprint density at radius 2 is 1.78 bits per heavy atom. The lowest BCUT2D eigenvalue weighted by molar-refractivity contribution is -0.00461. The molecule has 5 nitrogen and oxygen atoms in total. The Kier molecular flexibility index (Phi) is 4.45. The van der Waals surface area contributed by atoms with Gasteiger partial charge in [-0.15, -0.1) is 0 Å². The first-order chi connectivity index (χ1) is 8.71. The predicted molar refractivity (Wildman–Crippen MR) is 68.6 cm³/mol. The van der Waals surface area contributed by atoms with Crippen molar-refractivity contribution >= 4 is 6.03 Å². The van der Waals surface area contributed by atoms with Gasteiger partial charge in [0.05, 0.1) is 13.1 Å². The van der Waals surface area contributed by atoms with Gasteiger partial charge in [0.1, 0.15) is 12.2 Å². The lowest BCUT2D eigenvalue weighted by atomic mass is 10.3. The molecule has 1 heterocycles. The molecule has 0 spiro atoms. The summed E-state index contributed by atoms with van der Waals surface area (Å²) in [6.45, 7) is 4.25. The number of likely N-dealkylation sites (tertiary alicyclic amines) is 1. The van der Waals surface area contributed by atoms with E-state index in [-0.39, 0.29) is 18.2 Å². The zero-order valence-corrected chi connectivity index (χ0v) is 11.6. The van der Waals surface area contributed by atoms with E-state index in [0.717, 1.165) is 25.8 Å². The molecule has 2 atom stereocenters. The number of nitrogens with zero attached hydrogens (tertiary/aromatic N) is 2. The van der Waals surface area contributed by atoms with Crippen LogP contribution < -0.4 is 0 Å². The molecule has 0 bridgehead atoms. The molecule has 2 fully saturated rings. The molecule has 1 aliphatic carbocycles. The molecule has 2 unspecified atom stereocenters. The highest BCUT2D eigenvalue weighted by atomic mass is 16.5. The van der Waals surface area contributed by atoms with E-state index >= 15 is 0 Å². The summed E-state index contributed by atoms with van der Waals surface area (Å²) in [6, 6.07) is 0.626. The van der Waals surface area contributed by atoms with E-state index < -0.39 is 0 Å². The Morgan fingerprint density at radius 3 is 2.17 bits per heavy atom. The molecule has 0 N–H and O–H groups in total. The van der Waals surface area contributed by atoms with Crippen molar-refractivity contribution in [2.24, 2.45) is 0 Å². The van der Waals surface area contributed by atoms with E-state index in [4.69, 9.17) is 9.47 Å². The molecule has 2 rings (SSSR count). The number of rotatable bonds is 5. The second-order valence-electron chi connectivity index (χ2n) is 5.16. The van der Waals surface area contributed by atoms with E-state index in [1.54, 1.807) is 14.2 Å². The third-order valence-corrected chi connectivity index (χ3v) is 3.79. The monoisotopic (exact) mass is 256 g/mol. The van der Waals surface area contributed by atoms with Crippen LogP contribution in [0.1, 0.15) is 26.2 Å². The SMILES string of the molecule is CCCN(C(=O)N1CC(OC)C(OC)C1)C1CC1. The minimum absolute atomic E-state index is 0.00151. The molecule has 0 radical (unpaired) electrons. The van der Waals surface area contributed by atoms with Crippen LogP contribution in [0.2, 0.25) is 0 Å². The fraction of sp³-hybridized carbons (Fsp3) is 0.923.